The number of carbonyl (C=O) groups is 1. The number of fused-ring (bicyclic) bond motifs is 1. The van der Waals surface area contributed by atoms with Crippen LogP contribution in [-0.2, 0) is 6.42 Å². The van der Waals surface area contributed by atoms with Gasteiger partial charge in [0, 0.05) is 29.2 Å². The van der Waals surface area contributed by atoms with Gasteiger partial charge in [0.25, 0.3) is 0 Å². The van der Waals surface area contributed by atoms with E-state index in [1.165, 1.54) is 5.56 Å². The van der Waals surface area contributed by atoms with Crippen LogP contribution in [0.25, 0.3) is 10.9 Å². The zero-order valence-electron chi connectivity index (χ0n) is 15.0. The van der Waals surface area contributed by atoms with Gasteiger partial charge in [-0.1, -0.05) is 12.1 Å². The van der Waals surface area contributed by atoms with E-state index in [1.54, 1.807) is 7.11 Å². The summed E-state index contributed by atoms with van der Waals surface area (Å²) in [4.78, 5) is 16.7. The minimum absolute atomic E-state index is 0.239. The molecule has 1 saturated heterocycles. The molecule has 26 heavy (non-hydrogen) atoms. The highest BCUT2D eigenvalue weighted by molar-refractivity contribution is 6.03. The Morgan fingerprint density at radius 3 is 2.73 bits per heavy atom. The molecular formula is C22H24N2O2. The highest BCUT2D eigenvalue weighted by atomic mass is 16.5. The Hall–Kier alpha value is -2.59. The molecule has 0 amide bonds. The van der Waals surface area contributed by atoms with Crippen molar-refractivity contribution in [3.63, 3.8) is 0 Å². The van der Waals surface area contributed by atoms with Crippen molar-refractivity contribution in [2.45, 2.75) is 19.3 Å². The van der Waals surface area contributed by atoms with Gasteiger partial charge in [-0.2, -0.15) is 0 Å². The van der Waals surface area contributed by atoms with Gasteiger partial charge in [-0.25, -0.2) is 0 Å². The number of hydrogen-bond donors (Lipinski definition) is 2. The lowest BCUT2D eigenvalue weighted by Crippen LogP contribution is -2.47. The highest BCUT2D eigenvalue weighted by Crippen LogP contribution is 2.35. The van der Waals surface area contributed by atoms with E-state index in [0.29, 0.717) is 0 Å². The van der Waals surface area contributed by atoms with Crippen LogP contribution in [0.15, 0.2) is 54.7 Å². The molecule has 1 aliphatic rings. The first-order valence-corrected chi connectivity index (χ1v) is 9.16. The van der Waals surface area contributed by atoms with Crippen molar-refractivity contribution in [2.75, 3.05) is 20.2 Å². The van der Waals surface area contributed by atoms with Crippen LogP contribution in [-0.4, -0.2) is 31.0 Å². The van der Waals surface area contributed by atoms with E-state index in [1.807, 2.05) is 42.6 Å². The van der Waals surface area contributed by atoms with Gasteiger partial charge in [0.15, 0.2) is 5.78 Å². The number of carbonyl (C=O) groups excluding carboxylic acids is 1. The molecule has 134 valence electrons. The highest BCUT2D eigenvalue weighted by Gasteiger charge is 2.40. The van der Waals surface area contributed by atoms with Crippen LogP contribution in [0, 0.1) is 5.41 Å². The van der Waals surface area contributed by atoms with E-state index in [2.05, 4.69) is 22.4 Å². The summed E-state index contributed by atoms with van der Waals surface area (Å²) >= 11 is 0. The van der Waals surface area contributed by atoms with Gasteiger partial charge in [-0.05, 0) is 67.8 Å². The maximum atomic E-state index is 13.5. The first kappa shape index (κ1) is 16.9. The summed E-state index contributed by atoms with van der Waals surface area (Å²) in [5.41, 5.74) is 2.64. The second-order valence-electron chi connectivity index (χ2n) is 7.19. The second kappa shape index (κ2) is 6.96. The average molecular weight is 348 g/mol. The molecule has 2 aromatic carbocycles. The van der Waals surface area contributed by atoms with E-state index in [9.17, 15) is 4.79 Å². The predicted molar refractivity (Wildman–Crippen MR) is 104 cm³/mol. The number of hydrogen-bond acceptors (Lipinski definition) is 3. The quantitative estimate of drug-likeness (QED) is 0.686. The number of nitrogens with one attached hydrogen (secondary N) is 2. The standard InChI is InChI=1S/C22H24N2O2/c1-26-19-6-3-16(4-7-19)14-22(10-2-11-23-15-22)21(25)18-5-8-20-17(13-18)9-12-24-20/h3-9,12-13,23-24H,2,10-11,14-15H2,1H3. The molecule has 4 heteroatoms. The van der Waals surface area contributed by atoms with Gasteiger partial charge in [-0.3, -0.25) is 4.79 Å². The summed E-state index contributed by atoms with van der Waals surface area (Å²) in [6.07, 6.45) is 4.59. The summed E-state index contributed by atoms with van der Waals surface area (Å²) in [5.74, 6) is 1.08. The molecule has 2 heterocycles. The van der Waals surface area contributed by atoms with Crippen LogP contribution in [0.5, 0.6) is 5.75 Å². The first-order valence-electron chi connectivity index (χ1n) is 9.16. The summed E-state index contributed by atoms with van der Waals surface area (Å²) in [6.45, 7) is 1.71. The zero-order chi connectivity index (χ0) is 18.0. The fourth-order valence-electron chi connectivity index (χ4n) is 4.03. The van der Waals surface area contributed by atoms with Crippen molar-refractivity contribution in [2.24, 2.45) is 5.41 Å². The molecule has 1 aromatic heterocycles. The number of H-pyrrole nitrogens is 1. The maximum Gasteiger partial charge on any atom is 0.170 e. The fourth-order valence-corrected chi connectivity index (χ4v) is 4.03. The Morgan fingerprint density at radius 2 is 2.00 bits per heavy atom. The Labute approximate surface area is 153 Å². The number of aromatic amines is 1. The molecule has 2 N–H and O–H groups in total. The van der Waals surface area contributed by atoms with Crippen molar-refractivity contribution < 1.29 is 9.53 Å². The number of benzene rings is 2. The summed E-state index contributed by atoms with van der Waals surface area (Å²) < 4.78 is 5.25. The van der Waals surface area contributed by atoms with Gasteiger partial charge in [0.1, 0.15) is 5.75 Å². The molecule has 0 bridgehead atoms. The SMILES string of the molecule is COc1ccc(CC2(C(=O)c3ccc4[nH]ccc4c3)CCCNC2)cc1. The molecule has 0 saturated carbocycles. The molecule has 1 unspecified atom stereocenters. The van der Waals surface area contributed by atoms with Crippen molar-refractivity contribution in [1.29, 1.82) is 0 Å². The second-order valence-corrected chi connectivity index (χ2v) is 7.19. The molecule has 1 aliphatic heterocycles. The fraction of sp³-hybridized carbons (Fsp3) is 0.318. The van der Waals surface area contributed by atoms with Gasteiger partial charge in [-0.15, -0.1) is 0 Å². The van der Waals surface area contributed by atoms with Crippen molar-refractivity contribution in [1.82, 2.24) is 10.3 Å². The van der Waals surface area contributed by atoms with Gasteiger partial charge < -0.3 is 15.0 Å². The van der Waals surface area contributed by atoms with E-state index >= 15 is 0 Å². The molecule has 4 rings (SSSR count). The minimum atomic E-state index is -0.392. The van der Waals surface area contributed by atoms with Crippen LogP contribution >= 0.6 is 0 Å². The van der Waals surface area contributed by atoms with Crippen LogP contribution in [0.1, 0.15) is 28.8 Å². The Kier molecular flexibility index (Phi) is 4.51. The molecule has 1 atom stereocenters. The topological polar surface area (TPSA) is 54.1 Å². The summed E-state index contributed by atoms with van der Waals surface area (Å²) in [6, 6.07) is 16.0. The zero-order valence-corrected chi connectivity index (χ0v) is 15.0. The number of ketones is 1. The average Bonchev–Trinajstić information content (AvgIpc) is 3.16. The molecule has 1 fully saturated rings. The third kappa shape index (κ3) is 3.13. The molecule has 0 radical (unpaired) electrons. The third-order valence-corrected chi connectivity index (χ3v) is 5.47. The number of rotatable bonds is 5. The molecule has 3 aromatic rings. The van der Waals surface area contributed by atoms with Gasteiger partial charge in [0.2, 0.25) is 0 Å². The lowest BCUT2D eigenvalue weighted by molar-refractivity contribution is 0.0738. The molecule has 0 spiro atoms. The van der Waals surface area contributed by atoms with Crippen LogP contribution < -0.4 is 10.1 Å². The number of ether oxygens (including phenoxy) is 1. The van der Waals surface area contributed by atoms with Crippen molar-refractivity contribution in [3.8, 4) is 5.75 Å². The van der Waals surface area contributed by atoms with E-state index in [0.717, 1.165) is 54.6 Å². The van der Waals surface area contributed by atoms with Crippen LogP contribution in [0.4, 0.5) is 0 Å². The normalized spacial score (nSPS) is 20.2. The first-order chi connectivity index (χ1) is 12.7. The Balaban J connectivity index is 1.66. The number of Topliss-reactive ketones (excluding diaryl/α,β-unsaturated/α-hetero) is 1. The lowest BCUT2D eigenvalue weighted by Gasteiger charge is -2.36. The van der Waals surface area contributed by atoms with E-state index in [4.69, 9.17) is 4.74 Å². The maximum absolute atomic E-state index is 13.5. The summed E-state index contributed by atoms with van der Waals surface area (Å²) in [7, 11) is 1.67. The van der Waals surface area contributed by atoms with E-state index in [-0.39, 0.29) is 5.78 Å². The van der Waals surface area contributed by atoms with Crippen LogP contribution in [0.2, 0.25) is 0 Å². The van der Waals surface area contributed by atoms with Crippen molar-refractivity contribution >= 4 is 16.7 Å². The third-order valence-electron chi connectivity index (χ3n) is 5.47. The van der Waals surface area contributed by atoms with Gasteiger partial charge >= 0.3 is 0 Å². The van der Waals surface area contributed by atoms with Gasteiger partial charge in [0.05, 0.1) is 12.5 Å². The lowest BCUT2D eigenvalue weighted by atomic mass is 9.70. The smallest absolute Gasteiger partial charge is 0.170 e. The predicted octanol–water partition coefficient (Wildman–Crippen LogP) is 3.97. The number of aromatic nitrogens is 1. The Bertz CT molecular complexity index is 905. The largest absolute Gasteiger partial charge is 0.497 e. The number of piperidine rings is 1. The minimum Gasteiger partial charge on any atom is -0.497 e. The van der Waals surface area contributed by atoms with E-state index < -0.39 is 5.41 Å². The molecule has 0 aliphatic carbocycles. The monoisotopic (exact) mass is 348 g/mol. The summed E-state index contributed by atoms with van der Waals surface area (Å²) in [5, 5.41) is 4.53. The molecule has 4 nitrogen and oxygen atoms in total. The Morgan fingerprint density at radius 1 is 1.15 bits per heavy atom. The van der Waals surface area contributed by atoms with Crippen LogP contribution in [0.3, 0.4) is 0 Å². The number of methoxy groups -OCH3 is 1. The molecular weight excluding hydrogens is 324 g/mol. The van der Waals surface area contributed by atoms with Crippen molar-refractivity contribution in [3.05, 3.63) is 65.9 Å².